The number of aromatic nitrogens is 1. The number of hydrogen-bond acceptors (Lipinski definition) is 5. The lowest BCUT2D eigenvalue weighted by Crippen LogP contribution is -2.30. The number of fused-ring (bicyclic) bond motifs is 1. The minimum Gasteiger partial charge on any atom is -0.308 e. The molecule has 0 aliphatic carbocycles. The van der Waals surface area contributed by atoms with Gasteiger partial charge in [0.15, 0.2) is 6.19 Å². The highest BCUT2D eigenvalue weighted by molar-refractivity contribution is 7.99. The molecule has 0 saturated carbocycles. The maximum atomic E-state index is 13.0. The molecular formula is C24H20N4OS. The molecule has 3 atom stereocenters. The quantitative estimate of drug-likeness (QED) is 0.467. The summed E-state index contributed by atoms with van der Waals surface area (Å²) in [6.45, 7) is 2.83. The van der Waals surface area contributed by atoms with Crippen LogP contribution in [0.25, 0.3) is 11.1 Å². The van der Waals surface area contributed by atoms with E-state index in [1.165, 1.54) is 4.90 Å². The highest BCUT2D eigenvalue weighted by Crippen LogP contribution is 2.44. The zero-order valence-electron chi connectivity index (χ0n) is 16.5. The maximum Gasteiger partial charge on any atom is 0.255 e. The monoisotopic (exact) mass is 412 g/mol. The first-order valence-corrected chi connectivity index (χ1v) is 10.8. The Morgan fingerprint density at radius 1 is 1.13 bits per heavy atom. The van der Waals surface area contributed by atoms with Crippen LogP contribution in [-0.2, 0) is 0 Å². The fourth-order valence-corrected chi connectivity index (χ4v) is 5.22. The van der Waals surface area contributed by atoms with E-state index in [0.29, 0.717) is 11.5 Å². The van der Waals surface area contributed by atoms with E-state index >= 15 is 0 Å². The Balaban J connectivity index is 1.37. The summed E-state index contributed by atoms with van der Waals surface area (Å²) in [6, 6.07) is 20.1. The fraction of sp³-hybridized carbons (Fsp3) is 0.208. The van der Waals surface area contributed by atoms with Crippen LogP contribution in [0.2, 0.25) is 0 Å². The second-order valence-corrected chi connectivity index (χ2v) is 8.83. The van der Waals surface area contributed by atoms with Crippen LogP contribution in [0.3, 0.4) is 0 Å². The molecule has 3 aromatic rings. The molecule has 5 rings (SSSR count). The highest BCUT2D eigenvalue weighted by Gasteiger charge is 2.61. The predicted octanol–water partition coefficient (Wildman–Crippen LogP) is 4.48. The van der Waals surface area contributed by atoms with Gasteiger partial charge in [-0.1, -0.05) is 49.0 Å². The number of nitriles is 1. The summed E-state index contributed by atoms with van der Waals surface area (Å²) in [4.78, 5) is 23.1. The van der Waals surface area contributed by atoms with Gasteiger partial charge >= 0.3 is 0 Å². The highest BCUT2D eigenvalue weighted by atomic mass is 32.2. The smallest absolute Gasteiger partial charge is 0.255 e. The Morgan fingerprint density at radius 2 is 1.90 bits per heavy atom. The van der Waals surface area contributed by atoms with Crippen molar-refractivity contribution in [1.29, 1.82) is 5.26 Å². The Bertz CT molecular complexity index is 1130. The lowest BCUT2D eigenvalue weighted by molar-refractivity contribution is 0.0816. The molecule has 2 unspecified atom stereocenters. The minimum absolute atomic E-state index is 0.00609. The number of amides is 1. The van der Waals surface area contributed by atoms with Crippen LogP contribution in [0, 0.1) is 17.4 Å². The van der Waals surface area contributed by atoms with Crippen molar-refractivity contribution >= 4 is 17.7 Å². The molecule has 30 heavy (non-hydrogen) atoms. The predicted molar refractivity (Wildman–Crippen MR) is 115 cm³/mol. The lowest BCUT2D eigenvalue weighted by Gasteiger charge is -2.17. The molecule has 1 amide bonds. The van der Waals surface area contributed by atoms with E-state index in [9.17, 15) is 10.1 Å². The van der Waals surface area contributed by atoms with Crippen molar-refractivity contribution in [2.75, 3.05) is 6.54 Å². The standard InChI is InChI=1S/C24H20N4OS/c1-16-14-27(15-25)23-22(16)28(23)24(29)18-9-7-17(8-10-18)20-13-26-12-11-21(20)30-19-5-3-2-4-6-19/h2-13,16,22-23H,14H2,1H3/t16?,22-,23?,28?/m1/s1. The summed E-state index contributed by atoms with van der Waals surface area (Å²) >= 11 is 1.70. The van der Waals surface area contributed by atoms with Gasteiger partial charge in [-0.2, -0.15) is 5.26 Å². The number of carbonyl (C=O) groups excluding carboxylic acids is 1. The molecule has 6 heteroatoms. The molecule has 3 heterocycles. The van der Waals surface area contributed by atoms with Crippen molar-refractivity contribution in [2.45, 2.75) is 28.9 Å². The number of benzene rings is 2. The molecule has 2 aromatic carbocycles. The number of rotatable bonds is 4. The first-order valence-electron chi connectivity index (χ1n) is 9.94. The second kappa shape index (κ2) is 7.51. The van der Waals surface area contributed by atoms with Gasteiger partial charge in [-0.25, -0.2) is 0 Å². The van der Waals surface area contributed by atoms with Gasteiger partial charge in [-0.15, -0.1) is 0 Å². The van der Waals surface area contributed by atoms with E-state index in [1.807, 2.05) is 59.6 Å². The number of hydrogen-bond donors (Lipinski definition) is 0. The Morgan fingerprint density at radius 3 is 2.63 bits per heavy atom. The van der Waals surface area contributed by atoms with E-state index in [1.54, 1.807) is 22.9 Å². The Kier molecular flexibility index (Phi) is 4.68. The Hall–Kier alpha value is -3.30. The van der Waals surface area contributed by atoms with Gasteiger partial charge in [-0.05, 0) is 41.8 Å². The number of carbonyl (C=O) groups is 1. The van der Waals surface area contributed by atoms with Crippen LogP contribution < -0.4 is 0 Å². The summed E-state index contributed by atoms with van der Waals surface area (Å²) in [7, 11) is 0. The molecule has 5 nitrogen and oxygen atoms in total. The van der Waals surface area contributed by atoms with Gasteiger partial charge in [0, 0.05) is 39.9 Å². The number of pyridine rings is 1. The van der Waals surface area contributed by atoms with Crippen LogP contribution in [0.5, 0.6) is 0 Å². The average Bonchev–Trinajstić information content (AvgIpc) is 3.45. The van der Waals surface area contributed by atoms with Crippen LogP contribution in [0.4, 0.5) is 0 Å². The van der Waals surface area contributed by atoms with Crippen LogP contribution in [-0.4, -0.2) is 39.4 Å². The summed E-state index contributed by atoms with van der Waals surface area (Å²) < 4.78 is 0. The summed E-state index contributed by atoms with van der Waals surface area (Å²) in [5.41, 5.74) is 2.72. The molecular weight excluding hydrogens is 392 g/mol. The first kappa shape index (κ1) is 18.7. The zero-order chi connectivity index (χ0) is 20.7. The molecule has 0 radical (unpaired) electrons. The molecule has 2 aliphatic heterocycles. The van der Waals surface area contributed by atoms with Gasteiger partial charge in [0.25, 0.3) is 5.91 Å². The van der Waals surface area contributed by atoms with Crippen molar-refractivity contribution in [1.82, 2.24) is 14.8 Å². The first-order chi connectivity index (χ1) is 14.7. The van der Waals surface area contributed by atoms with Crippen molar-refractivity contribution in [3.8, 4) is 17.3 Å². The van der Waals surface area contributed by atoms with Crippen LogP contribution in [0.1, 0.15) is 17.3 Å². The second-order valence-electron chi connectivity index (χ2n) is 7.71. The topological polar surface area (TPSA) is 60.0 Å². The summed E-state index contributed by atoms with van der Waals surface area (Å²) in [5.74, 6) is 0.319. The molecule has 0 spiro atoms. The van der Waals surface area contributed by atoms with Gasteiger partial charge < -0.3 is 4.90 Å². The summed E-state index contributed by atoms with van der Waals surface area (Å²) in [5, 5.41) is 9.28. The molecule has 2 aliphatic rings. The molecule has 1 aromatic heterocycles. The number of nitrogens with zero attached hydrogens (tertiary/aromatic N) is 4. The third-order valence-electron chi connectivity index (χ3n) is 5.77. The van der Waals surface area contributed by atoms with Crippen molar-refractivity contribution < 1.29 is 4.79 Å². The van der Waals surface area contributed by atoms with Crippen LogP contribution in [0.15, 0.2) is 82.8 Å². The van der Waals surface area contributed by atoms with Gasteiger partial charge in [0.05, 0.1) is 6.04 Å². The molecule has 148 valence electrons. The molecule has 0 bridgehead atoms. The van der Waals surface area contributed by atoms with E-state index in [-0.39, 0.29) is 18.1 Å². The maximum absolute atomic E-state index is 13.0. The van der Waals surface area contributed by atoms with Crippen molar-refractivity contribution in [2.24, 2.45) is 5.92 Å². The third-order valence-corrected chi connectivity index (χ3v) is 6.85. The number of likely N-dealkylation sites (tertiary alicyclic amines) is 1. The minimum atomic E-state index is -0.0654. The third kappa shape index (κ3) is 3.21. The van der Waals surface area contributed by atoms with E-state index in [4.69, 9.17) is 0 Å². The summed E-state index contributed by atoms with van der Waals surface area (Å²) in [6.07, 6.45) is 5.81. The van der Waals surface area contributed by atoms with E-state index in [2.05, 4.69) is 30.2 Å². The van der Waals surface area contributed by atoms with E-state index < -0.39 is 0 Å². The van der Waals surface area contributed by atoms with Gasteiger partial charge in [0.2, 0.25) is 0 Å². The molecule has 2 fully saturated rings. The van der Waals surface area contributed by atoms with Gasteiger partial charge in [0.1, 0.15) is 6.17 Å². The Labute approximate surface area is 180 Å². The van der Waals surface area contributed by atoms with Crippen LogP contribution >= 0.6 is 11.8 Å². The van der Waals surface area contributed by atoms with Gasteiger partial charge in [-0.3, -0.25) is 14.7 Å². The van der Waals surface area contributed by atoms with E-state index in [0.717, 1.165) is 22.6 Å². The zero-order valence-corrected chi connectivity index (χ0v) is 17.3. The fourth-order valence-electron chi connectivity index (χ4n) is 4.27. The largest absolute Gasteiger partial charge is 0.308 e. The van der Waals surface area contributed by atoms with Crippen molar-refractivity contribution in [3.63, 3.8) is 0 Å². The molecule has 0 N–H and O–H groups in total. The lowest BCUT2D eigenvalue weighted by atomic mass is 10.1. The average molecular weight is 413 g/mol. The SMILES string of the molecule is CC1CN(C#N)C2[C@@H]1N2C(=O)c1ccc(-c2cnccc2Sc2ccccc2)cc1. The normalized spacial score (nSPS) is 21.8. The molecule has 2 saturated heterocycles. The van der Waals surface area contributed by atoms with Crippen molar-refractivity contribution in [3.05, 3.63) is 78.6 Å².